The molecule has 0 spiro atoms. The summed E-state index contributed by atoms with van der Waals surface area (Å²) in [7, 11) is 0. The smallest absolute Gasteiger partial charge is 0.414 e. The van der Waals surface area contributed by atoms with Crippen molar-refractivity contribution in [3.05, 3.63) is 90.0 Å². The molecule has 1 saturated heterocycles. The summed E-state index contributed by atoms with van der Waals surface area (Å²) in [5, 5.41) is 14.8. The average molecular weight is 507 g/mol. The first-order valence-electron chi connectivity index (χ1n) is 11.8. The van der Waals surface area contributed by atoms with Gasteiger partial charge in [-0.3, -0.25) is 9.69 Å². The monoisotopic (exact) mass is 506 g/mol. The van der Waals surface area contributed by atoms with Crippen LogP contribution >= 0.6 is 0 Å². The molecule has 0 unspecified atom stereocenters. The summed E-state index contributed by atoms with van der Waals surface area (Å²) in [6, 6.07) is 25.8. The average Bonchev–Trinajstić information content (AvgIpc) is 2.90. The number of carbonyl (C=O) groups is 3. The number of aryl methyl sites for hydroxylation is 1. The molecular weight excluding hydrogens is 476 g/mol. The lowest BCUT2D eigenvalue weighted by Crippen LogP contribution is -2.49. The highest BCUT2D eigenvalue weighted by Gasteiger charge is 2.21. The van der Waals surface area contributed by atoms with E-state index in [1.807, 2.05) is 78.6 Å². The summed E-state index contributed by atoms with van der Waals surface area (Å²) < 4.78 is 11.6. The summed E-state index contributed by atoms with van der Waals surface area (Å²) >= 11 is 0. The highest BCUT2D eigenvalue weighted by molar-refractivity contribution is 6.27. The van der Waals surface area contributed by atoms with Gasteiger partial charge in [0.2, 0.25) is 0 Å². The molecule has 4 rings (SSSR count). The van der Waals surface area contributed by atoms with Crippen LogP contribution in [0.15, 0.2) is 78.9 Å². The topological polar surface area (TPSA) is 117 Å². The fourth-order valence-electron chi connectivity index (χ4n) is 3.62. The second-order valence-electron chi connectivity index (χ2n) is 8.43. The Labute approximate surface area is 215 Å². The molecule has 0 atom stereocenters. The number of hydrogen-bond donors (Lipinski definition) is 2. The molecule has 1 amide bonds. The zero-order valence-electron chi connectivity index (χ0n) is 20.6. The minimum Gasteiger partial charge on any atom is -0.484 e. The van der Waals surface area contributed by atoms with Crippen LogP contribution in [0, 0.1) is 6.92 Å². The predicted molar refractivity (Wildman–Crippen MR) is 137 cm³/mol. The fraction of sp³-hybridized carbons (Fsp3) is 0.250. The van der Waals surface area contributed by atoms with Gasteiger partial charge >= 0.3 is 11.9 Å². The molecule has 0 radical (unpaired) electrons. The van der Waals surface area contributed by atoms with Gasteiger partial charge in [0, 0.05) is 32.7 Å². The van der Waals surface area contributed by atoms with Crippen LogP contribution in [0.1, 0.15) is 11.1 Å². The Morgan fingerprint density at radius 3 is 2.00 bits per heavy atom. The van der Waals surface area contributed by atoms with Crippen molar-refractivity contribution in [3.8, 4) is 17.2 Å². The number of benzene rings is 3. The molecule has 2 N–H and O–H groups in total. The van der Waals surface area contributed by atoms with Crippen LogP contribution in [0.25, 0.3) is 0 Å². The Balaban J connectivity index is 0.000000568. The molecule has 194 valence electrons. The minimum absolute atomic E-state index is 0.0403. The van der Waals surface area contributed by atoms with Crippen LogP contribution in [0.5, 0.6) is 17.2 Å². The number of aliphatic carboxylic acids is 2. The van der Waals surface area contributed by atoms with Crippen LogP contribution in [-0.4, -0.2) is 70.6 Å². The molecule has 0 saturated carbocycles. The highest BCUT2D eigenvalue weighted by atomic mass is 16.5. The molecule has 0 aliphatic carbocycles. The van der Waals surface area contributed by atoms with E-state index in [2.05, 4.69) is 17.0 Å². The Bertz CT molecular complexity index is 1160. The van der Waals surface area contributed by atoms with Crippen LogP contribution in [0.2, 0.25) is 0 Å². The number of hydrogen-bond acceptors (Lipinski definition) is 6. The third-order valence-electron chi connectivity index (χ3n) is 5.57. The van der Waals surface area contributed by atoms with Crippen LogP contribution in [-0.2, 0) is 20.9 Å². The number of carboxylic acids is 2. The van der Waals surface area contributed by atoms with E-state index in [1.165, 1.54) is 11.1 Å². The largest absolute Gasteiger partial charge is 0.484 e. The van der Waals surface area contributed by atoms with Crippen LogP contribution in [0.4, 0.5) is 0 Å². The van der Waals surface area contributed by atoms with E-state index >= 15 is 0 Å². The lowest BCUT2D eigenvalue weighted by Gasteiger charge is -2.34. The predicted octanol–water partition coefficient (Wildman–Crippen LogP) is 3.67. The summed E-state index contributed by atoms with van der Waals surface area (Å²) in [5.41, 5.74) is 2.38. The van der Waals surface area contributed by atoms with E-state index < -0.39 is 11.9 Å². The van der Waals surface area contributed by atoms with Crippen molar-refractivity contribution in [2.24, 2.45) is 0 Å². The zero-order chi connectivity index (χ0) is 26.6. The number of para-hydroxylation sites is 1. The van der Waals surface area contributed by atoms with E-state index in [0.717, 1.165) is 50.0 Å². The second-order valence-corrected chi connectivity index (χ2v) is 8.43. The first-order valence-corrected chi connectivity index (χ1v) is 11.8. The molecule has 0 aromatic heterocycles. The first kappa shape index (κ1) is 27.2. The van der Waals surface area contributed by atoms with Crippen molar-refractivity contribution in [3.63, 3.8) is 0 Å². The van der Waals surface area contributed by atoms with Crippen LogP contribution < -0.4 is 9.47 Å². The third-order valence-corrected chi connectivity index (χ3v) is 5.57. The van der Waals surface area contributed by atoms with Gasteiger partial charge < -0.3 is 24.6 Å². The molecule has 9 heteroatoms. The van der Waals surface area contributed by atoms with Gasteiger partial charge in [0.05, 0.1) is 0 Å². The highest BCUT2D eigenvalue weighted by Crippen LogP contribution is 2.22. The molecule has 9 nitrogen and oxygen atoms in total. The second kappa shape index (κ2) is 13.6. The number of ether oxygens (including phenoxy) is 2. The molecule has 1 aliphatic rings. The normalized spacial score (nSPS) is 13.2. The van der Waals surface area contributed by atoms with Gasteiger partial charge in [-0.15, -0.1) is 0 Å². The number of carboxylic acid groups (broad SMARTS) is 2. The summed E-state index contributed by atoms with van der Waals surface area (Å²) in [5.74, 6) is -1.20. The van der Waals surface area contributed by atoms with Crippen molar-refractivity contribution < 1.29 is 34.1 Å². The molecule has 3 aromatic rings. The van der Waals surface area contributed by atoms with Crippen molar-refractivity contribution in [2.75, 3.05) is 32.8 Å². The standard InChI is InChI=1S/C26H28N2O3.C2H2O4/c1-21-10-12-23(13-11-21)30-20-26(29)28-16-14-27(15-17-28)19-22-6-5-9-25(18-22)31-24-7-3-2-4-8-24;3-1(4)2(5)6/h2-13,18H,14-17,19-20H2,1H3;(H,3,4)(H,5,6). The van der Waals surface area contributed by atoms with Crippen LogP contribution in [0.3, 0.4) is 0 Å². The van der Waals surface area contributed by atoms with Gasteiger partial charge in [-0.25, -0.2) is 9.59 Å². The van der Waals surface area contributed by atoms with Gasteiger partial charge in [-0.05, 0) is 48.9 Å². The number of piperazine rings is 1. The zero-order valence-corrected chi connectivity index (χ0v) is 20.6. The van der Waals surface area contributed by atoms with Crippen molar-refractivity contribution in [2.45, 2.75) is 13.5 Å². The molecular formula is C28H30N2O7. The summed E-state index contributed by atoms with van der Waals surface area (Å²) in [4.78, 5) is 34.9. The number of nitrogens with zero attached hydrogens (tertiary/aromatic N) is 2. The van der Waals surface area contributed by atoms with Crippen molar-refractivity contribution >= 4 is 17.8 Å². The van der Waals surface area contributed by atoms with E-state index in [9.17, 15) is 4.79 Å². The Kier molecular flexibility index (Phi) is 10.0. The quantitative estimate of drug-likeness (QED) is 0.467. The summed E-state index contributed by atoms with van der Waals surface area (Å²) in [6.45, 7) is 6.09. The Hall–Kier alpha value is -4.37. The van der Waals surface area contributed by atoms with Gasteiger partial charge in [-0.1, -0.05) is 48.0 Å². The van der Waals surface area contributed by atoms with Gasteiger partial charge in [0.15, 0.2) is 6.61 Å². The molecule has 1 aliphatic heterocycles. The maximum absolute atomic E-state index is 12.5. The minimum atomic E-state index is -1.82. The molecule has 0 bridgehead atoms. The molecule has 1 heterocycles. The summed E-state index contributed by atoms with van der Waals surface area (Å²) in [6.07, 6.45) is 0. The fourth-order valence-corrected chi connectivity index (χ4v) is 3.62. The van der Waals surface area contributed by atoms with Crippen molar-refractivity contribution in [1.82, 2.24) is 9.80 Å². The van der Waals surface area contributed by atoms with Gasteiger partial charge in [0.25, 0.3) is 5.91 Å². The lowest BCUT2D eigenvalue weighted by molar-refractivity contribution is -0.159. The maximum atomic E-state index is 12.5. The first-order chi connectivity index (χ1) is 17.8. The number of amides is 1. The third kappa shape index (κ3) is 9.30. The van der Waals surface area contributed by atoms with Crippen molar-refractivity contribution in [1.29, 1.82) is 0 Å². The van der Waals surface area contributed by atoms with E-state index in [1.54, 1.807) is 0 Å². The van der Waals surface area contributed by atoms with Gasteiger partial charge in [-0.2, -0.15) is 0 Å². The van der Waals surface area contributed by atoms with E-state index in [4.69, 9.17) is 29.3 Å². The van der Waals surface area contributed by atoms with E-state index in [-0.39, 0.29) is 12.5 Å². The lowest BCUT2D eigenvalue weighted by atomic mass is 10.2. The van der Waals surface area contributed by atoms with E-state index in [0.29, 0.717) is 0 Å². The number of carbonyl (C=O) groups excluding carboxylic acids is 1. The SMILES string of the molecule is Cc1ccc(OCC(=O)N2CCN(Cc3cccc(Oc4ccccc4)c3)CC2)cc1.O=C(O)C(=O)O. The Morgan fingerprint density at radius 2 is 1.38 bits per heavy atom. The van der Waals surface area contributed by atoms with Gasteiger partial charge in [0.1, 0.15) is 17.2 Å². The molecule has 3 aromatic carbocycles. The number of rotatable bonds is 7. The Morgan fingerprint density at radius 1 is 0.757 bits per heavy atom. The molecule has 1 fully saturated rings. The maximum Gasteiger partial charge on any atom is 0.414 e. The molecule has 37 heavy (non-hydrogen) atoms.